The van der Waals surface area contributed by atoms with E-state index in [1.807, 2.05) is 32.0 Å². The summed E-state index contributed by atoms with van der Waals surface area (Å²) in [5.41, 5.74) is 1.51. The lowest BCUT2D eigenvalue weighted by molar-refractivity contribution is 0.252. The molecule has 2 aromatic carbocycles. The minimum absolute atomic E-state index is 0.342. The maximum Gasteiger partial charge on any atom is 0.319 e. The summed E-state index contributed by atoms with van der Waals surface area (Å²) in [4.78, 5) is 12.0. The number of carbonyl (C=O) groups is 1. The summed E-state index contributed by atoms with van der Waals surface area (Å²) < 4.78 is 11.2. The summed E-state index contributed by atoms with van der Waals surface area (Å²) in [6.45, 7) is 5.45. The van der Waals surface area contributed by atoms with Gasteiger partial charge in [-0.3, -0.25) is 0 Å². The van der Waals surface area contributed by atoms with Gasteiger partial charge >= 0.3 is 6.03 Å². The van der Waals surface area contributed by atoms with Crippen molar-refractivity contribution in [2.24, 2.45) is 0 Å². The lowest BCUT2D eigenvalue weighted by atomic mass is 10.1. The monoisotopic (exact) mass is 396 g/mol. The maximum atomic E-state index is 12.0. The average Bonchev–Trinajstić information content (AvgIpc) is 2.61. The number of benzene rings is 2. The number of carbonyl (C=O) groups excluding carboxylic acids is 1. The molecule has 0 fully saturated rings. The van der Waals surface area contributed by atoms with Crippen molar-refractivity contribution in [3.8, 4) is 11.5 Å². The number of urea groups is 1. The van der Waals surface area contributed by atoms with Gasteiger partial charge < -0.3 is 20.1 Å². The van der Waals surface area contributed by atoms with Crippen LogP contribution in [0.3, 0.4) is 0 Å². The summed E-state index contributed by atoms with van der Waals surface area (Å²) >= 11 is 11.9. The van der Waals surface area contributed by atoms with E-state index in [0.29, 0.717) is 47.7 Å². The molecule has 0 bridgehead atoms. The molecule has 0 unspecified atom stereocenters. The van der Waals surface area contributed by atoms with Crippen molar-refractivity contribution in [3.63, 3.8) is 0 Å². The van der Waals surface area contributed by atoms with Crippen LogP contribution >= 0.6 is 23.2 Å². The number of anilines is 1. The van der Waals surface area contributed by atoms with E-state index in [1.54, 1.807) is 18.2 Å². The number of nitrogens with one attached hydrogen (secondary N) is 2. The first-order valence-electron chi connectivity index (χ1n) is 8.42. The predicted molar refractivity (Wildman–Crippen MR) is 106 cm³/mol. The van der Waals surface area contributed by atoms with Gasteiger partial charge in [0.25, 0.3) is 0 Å². The highest BCUT2D eigenvalue weighted by Crippen LogP contribution is 2.28. The second-order valence-electron chi connectivity index (χ2n) is 5.40. The van der Waals surface area contributed by atoms with E-state index >= 15 is 0 Å². The van der Waals surface area contributed by atoms with Crippen LogP contribution < -0.4 is 20.1 Å². The van der Waals surface area contributed by atoms with Crippen LogP contribution in [0.25, 0.3) is 0 Å². The van der Waals surface area contributed by atoms with Gasteiger partial charge in [-0.1, -0.05) is 29.3 Å². The first-order chi connectivity index (χ1) is 12.5. The molecule has 7 heteroatoms. The molecule has 0 heterocycles. The fraction of sp³-hybridized carbons (Fsp3) is 0.316. The molecule has 0 spiro atoms. The highest BCUT2D eigenvalue weighted by Gasteiger charge is 2.08. The van der Waals surface area contributed by atoms with E-state index in [-0.39, 0.29) is 6.03 Å². The molecule has 0 aromatic heterocycles. The van der Waals surface area contributed by atoms with E-state index in [2.05, 4.69) is 10.6 Å². The standard InChI is InChI=1S/C19H22Cl2N2O3/c1-3-25-17-8-5-13(11-18(17)26-4-2)9-10-22-19(24)23-16-12-14(20)6-7-15(16)21/h5-8,11-12H,3-4,9-10H2,1-2H3,(H2,22,23,24). The lowest BCUT2D eigenvalue weighted by Gasteiger charge is -2.13. The second-order valence-corrected chi connectivity index (χ2v) is 6.25. The first kappa shape index (κ1) is 20.2. The molecule has 0 aliphatic rings. The lowest BCUT2D eigenvalue weighted by Crippen LogP contribution is -2.30. The van der Waals surface area contributed by atoms with Crippen molar-refractivity contribution in [1.82, 2.24) is 5.32 Å². The molecule has 0 saturated carbocycles. The van der Waals surface area contributed by atoms with Crippen LogP contribution in [0, 0.1) is 0 Å². The summed E-state index contributed by atoms with van der Waals surface area (Å²) in [5.74, 6) is 1.43. The summed E-state index contributed by atoms with van der Waals surface area (Å²) in [5, 5.41) is 6.41. The quantitative estimate of drug-likeness (QED) is 0.647. The molecular formula is C19H22Cl2N2O3. The third-order valence-corrected chi connectivity index (χ3v) is 4.05. The maximum absolute atomic E-state index is 12.0. The SMILES string of the molecule is CCOc1ccc(CCNC(=O)Nc2cc(Cl)ccc2Cl)cc1OCC. The number of amides is 2. The highest BCUT2D eigenvalue weighted by molar-refractivity contribution is 6.35. The van der Waals surface area contributed by atoms with Crippen molar-refractivity contribution in [3.05, 3.63) is 52.0 Å². The highest BCUT2D eigenvalue weighted by atomic mass is 35.5. The van der Waals surface area contributed by atoms with Crippen molar-refractivity contribution < 1.29 is 14.3 Å². The van der Waals surface area contributed by atoms with Crippen molar-refractivity contribution >= 4 is 34.9 Å². The van der Waals surface area contributed by atoms with Crippen LogP contribution in [0.4, 0.5) is 10.5 Å². The number of ether oxygens (including phenoxy) is 2. The Bertz CT molecular complexity index is 754. The largest absolute Gasteiger partial charge is 0.490 e. The van der Waals surface area contributed by atoms with E-state index in [1.165, 1.54) is 0 Å². The van der Waals surface area contributed by atoms with Crippen LogP contribution in [-0.2, 0) is 6.42 Å². The van der Waals surface area contributed by atoms with E-state index < -0.39 is 0 Å². The van der Waals surface area contributed by atoms with Crippen molar-refractivity contribution in [2.75, 3.05) is 25.1 Å². The van der Waals surface area contributed by atoms with Crippen LogP contribution in [0.2, 0.25) is 10.0 Å². The fourth-order valence-corrected chi connectivity index (χ4v) is 2.67. The first-order valence-corrected chi connectivity index (χ1v) is 9.17. The van der Waals surface area contributed by atoms with Gasteiger partial charge in [0.05, 0.1) is 23.9 Å². The van der Waals surface area contributed by atoms with Crippen molar-refractivity contribution in [2.45, 2.75) is 20.3 Å². The molecular weight excluding hydrogens is 375 g/mol. The Morgan fingerprint density at radius 2 is 1.73 bits per heavy atom. The number of hydrogen-bond acceptors (Lipinski definition) is 3. The van der Waals surface area contributed by atoms with E-state index in [9.17, 15) is 4.79 Å². The molecule has 5 nitrogen and oxygen atoms in total. The smallest absolute Gasteiger partial charge is 0.319 e. The Morgan fingerprint density at radius 3 is 2.46 bits per heavy atom. The van der Waals surface area contributed by atoms with Gasteiger partial charge in [0.15, 0.2) is 11.5 Å². The minimum Gasteiger partial charge on any atom is -0.490 e. The normalized spacial score (nSPS) is 10.3. The van der Waals surface area contributed by atoms with Crippen molar-refractivity contribution in [1.29, 1.82) is 0 Å². The van der Waals surface area contributed by atoms with Gasteiger partial charge in [-0.05, 0) is 56.2 Å². The second kappa shape index (κ2) is 10.1. The third kappa shape index (κ3) is 6.00. The van der Waals surface area contributed by atoms with Crippen LogP contribution in [0.1, 0.15) is 19.4 Å². The fourth-order valence-electron chi connectivity index (χ4n) is 2.33. The summed E-state index contributed by atoms with van der Waals surface area (Å²) in [6.07, 6.45) is 0.656. The topological polar surface area (TPSA) is 59.6 Å². The average molecular weight is 397 g/mol. The molecule has 0 saturated heterocycles. The number of halogens is 2. The molecule has 0 aliphatic heterocycles. The third-order valence-electron chi connectivity index (χ3n) is 3.48. The molecule has 26 heavy (non-hydrogen) atoms. The predicted octanol–water partition coefficient (Wildman–Crippen LogP) is 5.16. The van der Waals surface area contributed by atoms with Gasteiger partial charge in [0.1, 0.15) is 0 Å². The van der Waals surface area contributed by atoms with Gasteiger partial charge in [-0.15, -0.1) is 0 Å². The zero-order valence-corrected chi connectivity index (χ0v) is 16.3. The molecule has 0 radical (unpaired) electrons. The molecule has 2 rings (SSSR count). The molecule has 0 atom stereocenters. The number of hydrogen-bond donors (Lipinski definition) is 2. The van der Waals surface area contributed by atoms with Crippen LogP contribution in [0.5, 0.6) is 11.5 Å². The molecule has 2 aromatic rings. The Hall–Kier alpha value is -2.11. The molecule has 140 valence electrons. The minimum atomic E-state index is -0.342. The zero-order valence-electron chi connectivity index (χ0n) is 14.8. The molecule has 2 N–H and O–H groups in total. The van der Waals surface area contributed by atoms with Gasteiger partial charge in [-0.2, -0.15) is 0 Å². The van der Waals surface area contributed by atoms with Crippen LogP contribution in [0.15, 0.2) is 36.4 Å². The van der Waals surface area contributed by atoms with Gasteiger partial charge in [0.2, 0.25) is 0 Å². The van der Waals surface area contributed by atoms with Crippen LogP contribution in [-0.4, -0.2) is 25.8 Å². The zero-order chi connectivity index (χ0) is 18.9. The van der Waals surface area contributed by atoms with E-state index in [4.69, 9.17) is 32.7 Å². The molecule has 2 amide bonds. The van der Waals surface area contributed by atoms with Gasteiger partial charge in [0, 0.05) is 11.6 Å². The number of rotatable bonds is 8. The molecule has 0 aliphatic carbocycles. The summed E-state index contributed by atoms with van der Waals surface area (Å²) in [6, 6.07) is 10.3. The Balaban J connectivity index is 1.89. The summed E-state index contributed by atoms with van der Waals surface area (Å²) in [7, 11) is 0. The Morgan fingerprint density at radius 1 is 1.00 bits per heavy atom. The van der Waals surface area contributed by atoms with E-state index in [0.717, 1.165) is 11.3 Å². The Labute approximate surface area is 163 Å². The Kier molecular flexibility index (Phi) is 7.88. The van der Waals surface area contributed by atoms with Gasteiger partial charge in [-0.25, -0.2) is 4.79 Å².